The lowest BCUT2D eigenvalue weighted by Gasteiger charge is -2.17. The van der Waals surface area contributed by atoms with Crippen LogP contribution in [0.15, 0.2) is 76.8 Å². The number of nitrogens with zero attached hydrogens (tertiary/aromatic N) is 3. The van der Waals surface area contributed by atoms with Crippen LogP contribution >= 0.6 is 11.8 Å². The fourth-order valence-electron chi connectivity index (χ4n) is 4.51. The Balaban J connectivity index is 1.18. The van der Waals surface area contributed by atoms with E-state index in [4.69, 9.17) is 23.9 Å². The number of aryl methyl sites for hydroxylation is 1. The Bertz CT molecular complexity index is 1560. The number of hydrogen-bond donors (Lipinski definition) is 0. The number of epoxide rings is 1. The summed E-state index contributed by atoms with van der Waals surface area (Å²) in [5, 5.41) is 0.585. The summed E-state index contributed by atoms with van der Waals surface area (Å²) in [5.74, 6) is 1.14. The monoisotopic (exact) mass is 561 g/mol. The molecule has 2 aromatic carbocycles. The van der Waals surface area contributed by atoms with Gasteiger partial charge in [-0.15, -0.1) is 0 Å². The van der Waals surface area contributed by atoms with E-state index in [1.54, 1.807) is 24.4 Å². The third-order valence-corrected chi connectivity index (χ3v) is 7.51. The Labute approximate surface area is 235 Å². The van der Waals surface area contributed by atoms with E-state index >= 15 is 0 Å². The number of fused-ring (bicyclic) bond motifs is 1. The van der Waals surface area contributed by atoms with Crippen LogP contribution < -0.4 is 15.0 Å². The normalized spacial score (nSPS) is 16.2. The highest BCUT2D eigenvalue weighted by Gasteiger charge is 2.25. The predicted octanol–water partition coefficient (Wildman–Crippen LogP) is 5.17. The predicted molar refractivity (Wildman–Crippen MR) is 148 cm³/mol. The summed E-state index contributed by atoms with van der Waals surface area (Å²) in [6, 6.07) is 18.6. The van der Waals surface area contributed by atoms with Gasteiger partial charge in [0.1, 0.15) is 6.10 Å². The third-order valence-electron chi connectivity index (χ3n) is 6.63. The number of benzene rings is 2. The Morgan fingerprint density at radius 2 is 1.93 bits per heavy atom. The Kier molecular flexibility index (Phi) is 7.81. The SMILES string of the molecule is Cc1cc(-c2cc(F)c(=O)n(Cc3ccc4c(c3)OCO4)c2)nc(SCCC(OCC2CO2)c2ccccc2)n1. The molecule has 4 heterocycles. The van der Waals surface area contributed by atoms with Crippen LogP contribution in [0.25, 0.3) is 11.3 Å². The summed E-state index contributed by atoms with van der Waals surface area (Å²) in [7, 11) is 0. The lowest BCUT2D eigenvalue weighted by Crippen LogP contribution is -2.23. The Morgan fingerprint density at radius 3 is 2.75 bits per heavy atom. The average Bonchev–Trinajstić information content (AvgIpc) is 3.67. The van der Waals surface area contributed by atoms with Gasteiger partial charge in [-0.2, -0.15) is 0 Å². The van der Waals surface area contributed by atoms with Crippen molar-refractivity contribution < 1.29 is 23.3 Å². The molecule has 206 valence electrons. The fraction of sp³-hybridized carbons (Fsp3) is 0.300. The summed E-state index contributed by atoms with van der Waals surface area (Å²) in [5.41, 5.74) is 3.01. The van der Waals surface area contributed by atoms with Gasteiger partial charge in [0.05, 0.1) is 31.6 Å². The summed E-state index contributed by atoms with van der Waals surface area (Å²) >= 11 is 1.52. The second-order valence-electron chi connectivity index (χ2n) is 9.70. The van der Waals surface area contributed by atoms with E-state index in [2.05, 4.69) is 17.1 Å². The van der Waals surface area contributed by atoms with Crippen LogP contribution in [0.4, 0.5) is 4.39 Å². The smallest absolute Gasteiger partial charge is 0.286 e. The third kappa shape index (κ3) is 6.35. The van der Waals surface area contributed by atoms with Crippen LogP contribution in [-0.2, 0) is 16.0 Å². The standard InChI is InChI=1S/C30H28FN3O5S/c1-19-11-25(22-13-24(31)29(35)34(15-22)14-20-7-8-27-28(12-20)39-18-38-27)33-30(32-19)40-10-9-26(37-17-23-16-36-23)21-5-3-2-4-6-21/h2-8,11-13,15,23,26H,9-10,14,16-18H2,1H3. The first-order valence-corrected chi connectivity index (χ1v) is 14.1. The van der Waals surface area contributed by atoms with Gasteiger partial charge in [0.2, 0.25) is 6.79 Å². The minimum Gasteiger partial charge on any atom is -0.454 e. The van der Waals surface area contributed by atoms with Crippen molar-refractivity contribution in [3.63, 3.8) is 0 Å². The van der Waals surface area contributed by atoms with E-state index in [0.29, 0.717) is 34.5 Å². The molecule has 2 aliphatic heterocycles. The first-order valence-electron chi connectivity index (χ1n) is 13.1. The number of aromatic nitrogens is 3. The van der Waals surface area contributed by atoms with Crippen molar-refractivity contribution in [3.8, 4) is 22.8 Å². The highest BCUT2D eigenvalue weighted by Crippen LogP contribution is 2.33. The molecule has 0 radical (unpaired) electrons. The highest BCUT2D eigenvalue weighted by molar-refractivity contribution is 7.99. The average molecular weight is 562 g/mol. The van der Waals surface area contributed by atoms with Gasteiger partial charge in [-0.1, -0.05) is 48.2 Å². The zero-order valence-electron chi connectivity index (χ0n) is 21.9. The minimum absolute atomic E-state index is 0.0592. The molecular weight excluding hydrogens is 533 g/mol. The van der Waals surface area contributed by atoms with Crippen molar-refractivity contribution in [2.45, 2.75) is 37.3 Å². The molecule has 10 heteroatoms. The number of thioether (sulfide) groups is 1. The minimum atomic E-state index is -0.841. The molecule has 0 saturated carbocycles. The molecule has 0 aliphatic carbocycles. The molecule has 4 aromatic rings. The topological polar surface area (TPSA) is 88.0 Å². The van der Waals surface area contributed by atoms with Crippen LogP contribution in [-0.4, -0.2) is 46.4 Å². The van der Waals surface area contributed by atoms with Gasteiger partial charge in [0, 0.05) is 23.2 Å². The van der Waals surface area contributed by atoms with Crippen LogP contribution in [0, 0.1) is 12.7 Å². The molecule has 2 aromatic heterocycles. The lowest BCUT2D eigenvalue weighted by molar-refractivity contribution is 0.0402. The summed E-state index contributed by atoms with van der Waals surface area (Å²) in [6.45, 7) is 3.54. The molecular formula is C30H28FN3O5S. The summed E-state index contributed by atoms with van der Waals surface area (Å²) in [6.07, 6.45) is 2.53. The molecule has 2 atom stereocenters. The van der Waals surface area contributed by atoms with Crippen molar-refractivity contribution in [1.82, 2.24) is 14.5 Å². The maximum absolute atomic E-state index is 14.8. The van der Waals surface area contributed by atoms with Crippen LogP contribution in [0.2, 0.25) is 0 Å². The number of ether oxygens (including phenoxy) is 4. The van der Waals surface area contributed by atoms with Gasteiger partial charge in [-0.05, 0) is 48.7 Å². The molecule has 8 nitrogen and oxygen atoms in total. The molecule has 0 spiro atoms. The second kappa shape index (κ2) is 11.8. The number of hydrogen-bond acceptors (Lipinski definition) is 8. The van der Waals surface area contributed by atoms with Crippen LogP contribution in [0.1, 0.15) is 29.3 Å². The van der Waals surface area contributed by atoms with E-state index in [1.165, 1.54) is 22.4 Å². The van der Waals surface area contributed by atoms with E-state index in [0.717, 1.165) is 35.6 Å². The number of rotatable bonds is 11. The second-order valence-corrected chi connectivity index (χ2v) is 10.8. The zero-order chi connectivity index (χ0) is 27.5. The van der Waals surface area contributed by atoms with Gasteiger partial charge in [0.15, 0.2) is 22.5 Å². The zero-order valence-corrected chi connectivity index (χ0v) is 22.7. The molecule has 0 bridgehead atoms. The summed E-state index contributed by atoms with van der Waals surface area (Å²) < 4.78 is 38.4. The Morgan fingerprint density at radius 1 is 1.10 bits per heavy atom. The highest BCUT2D eigenvalue weighted by atomic mass is 32.2. The first kappa shape index (κ1) is 26.5. The van der Waals surface area contributed by atoms with Crippen molar-refractivity contribution >= 4 is 11.8 Å². The van der Waals surface area contributed by atoms with E-state index in [9.17, 15) is 9.18 Å². The molecule has 0 N–H and O–H groups in total. The van der Waals surface area contributed by atoms with Crippen molar-refractivity contribution in [2.75, 3.05) is 25.8 Å². The maximum Gasteiger partial charge on any atom is 0.286 e. The van der Waals surface area contributed by atoms with Gasteiger partial charge < -0.3 is 23.5 Å². The molecule has 1 saturated heterocycles. The molecule has 0 amide bonds. The number of pyridine rings is 1. The largest absolute Gasteiger partial charge is 0.454 e. The lowest BCUT2D eigenvalue weighted by atomic mass is 10.1. The van der Waals surface area contributed by atoms with Crippen molar-refractivity contribution in [2.24, 2.45) is 0 Å². The fourth-order valence-corrected chi connectivity index (χ4v) is 5.39. The molecule has 2 aliphatic rings. The van der Waals surface area contributed by atoms with Gasteiger partial charge >= 0.3 is 0 Å². The van der Waals surface area contributed by atoms with Gasteiger partial charge in [0.25, 0.3) is 5.56 Å². The molecule has 1 fully saturated rings. The quantitative estimate of drug-likeness (QED) is 0.141. The van der Waals surface area contributed by atoms with E-state index in [-0.39, 0.29) is 25.5 Å². The Hall–Kier alpha value is -3.73. The van der Waals surface area contributed by atoms with Crippen molar-refractivity contribution in [3.05, 3.63) is 99.9 Å². The van der Waals surface area contributed by atoms with E-state index < -0.39 is 11.4 Å². The van der Waals surface area contributed by atoms with E-state index in [1.807, 2.05) is 31.2 Å². The number of halogens is 1. The maximum atomic E-state index is 14.8. The van der Waals surface area contributed by atoms with Gasteiger partial charge in [-0.25, -0.2) is 14.4 Å². The van der Waals surface area contributed by atoms with Crippen LogP contribution in [0.3, 0.4) is 0 Å². The first-order chi connectivity index (χ1) is 19.5. The van der Waals surface area contributed by atoms with Crippen molar-refractivity contribution in [1.29, 1.82) is 0 Å². The molecule has 6 rings (SSSR count). The molecule has 2 unspecified atom stereocenters. The van der Waals surface area contributed by atoms with Crippen LogP contribution in [0.5, 0.6) is 11.5 Å². The van der Waals surface area contributed by atoms with Gasteiger partial charge in [-0.3, -0.25) is 4.79 Å². The molecule has 40 heavy (non-hydrogen) atoms. The summed E-state index contributed by atoms with van der Waals surface area (Å²) in [4.78, 5) is 21.9.